The molecule has 2 heterocycles. The summed E-state index contributed by atoms with van der Waals surface area (Å²) in [6.07, 6.45) is 0. The molecule has 1 fully saturated rings. The second kappa shape index (κ2) is 5.73. The predicted molar refractivity (Wildman–Crippen MR) is 75.5 cm³/mol. The minimum absolute atomic E-state index is 0.276. The van der Waals surface area contributed by atoms with E-state index in [-0.39, 0.29) is 5.82 Å². The first-order chi connectivity index (χ1) is 9.72. The van der Waals surface area contributed by atoms with Crippen LogP contribution in [0.15, 0.2) is 30.3 Å². The monoisotopic (exact) mass is 293 g/mol. The van der Waals surface area contributed by atoms with Crippen LogP contribution in [0.25, 0.3) is 11.3 Å². The maximum absolute atomic E-state index is 13.0. The van der Waals surface area contributed by atoms with Crippen molar-refractivity contribution in [3.63, 3.8) is 0 Å². The molecule has 6 heteroatoms. The Morgan fingerprint density at radius 2 is 1.80 bits per heavy atom. The Hall–Kier alpha value is -1.72. The zero-order chi connectivity index (χ0) is 13.9. The van der Waals surface area contributed by atoms with Crippen molar-refractivity contribution in [1.82, 2.24) is 9.97 Å². The second-order valence-electron chi connectivity index (χ2n) is 4.48. The van der Waals surface area contributed by atoms with Gasteiger partial charge in [0, 0.05) is 24.7 Å². The van der Waals surface area contributed by atoms with Gasteiger partial charge in [0.2, 0.25) is 5.95 Å². The fraction of sp³-hybridized carbons (Fsp3) is 0.286. The van der Waals surface area contributed by atoms with Crippen LogP contribution in [-0.2, 0) is 4.74 Å². The van der Waals surface area contributed by atoms with E-state index in [2.05, 4.69) is 9.97 Å². The van der Waals surface area contributed by atoms with Gasteiger partial charge in [-0.05, 0) is 24.3 Å². The Balaban J connectivity index is 1.95. The molecule has 0 aliphatic carbocycles. The van der Waals surface area contributed by atoms with Crippen LogP contribution in [0.2, 0.25) is 5.15 Å². The van der Waals surface area contributed by atoms with Crippen LogP contribution in [-0.4, -0.2) is 36.3 Å². The van der Waals surface area contributed by atoms with Crippen molar-refractivity contribution in [2.24, 2.45) is 0 Å². The summed E-state index contributed by atoms with van der Waals surface area (Å²) < 4.78 is 18.3. The van der Waals surface area contributed by atoms with Crippen molar-refractivity contribution >= 4 is 17.5 Å². The van der Waals surface area contributed by atoms with Gasteiger partial charge in [-0.25, -0.2) is 14.4 Å². The molecular formula is C14H13ClFN3O. The summed E-state index contributed by atoms with van der Waals surface area (Å²) in [5.74, 6) is 0.308. The highest BCUT2D eigenvalue weighted by atomic mass is 35.5. The van der Waals surface area contributed by atoms with E-state index in [9.17, 15) is 4.39 Å². The Kier molecular flexibility index (Phi) is 3.80. The van der Waals surface area contributed by atoms with E-state index in [4.69, 9.17) is 16.3 Å². The van der Waals surface area contributed by atoms with Crippen molar-refractivity contribution in [3.05, 3.63) is 41.3 Å². The van der Waals surface area contributed by atoms with Gasteiger partial charge in [-0.3, -0.25) is 0 Å². The number of ether oxygens (including phenoxy) is 1. The maximum atomic E-state index is 13.0. The van der Waals surface area contributed by atoms with Gasteiger partial charge in [0.15, 0.2) is 0 Å². The van der Waals surface area contributed by atoms with E-state index in [0.717, 1.165) is 18.7 Å². The normalized spacial score (nSPS) is 15.4. The molecule has 1 aliphatic rings. The molecule has 20 heavy (non-hydrogen) atoms. The Morgan fingerprint density at radius 1 is 1.10 bits per heavy atom. The molecular weight excluding hydrogens is 281 g/mol. The summed E-state index contributed by atoms with van der Waals surface area (Å²) in [7, 11) is 0. The topological polar surface area (TPSA) is 38.2 Å². The van der Waals surface area contributed by atoms with Gasteiger partial charge in [-0.1, -0.05) is 11.6 Å². The van der Waals surface area contributed by atoms with Gasteiger partial charge >= 0.3 is 0 Å². The first-order valence-corrected chi connectivity index (χ1v) is 6.73. The number of benzene rings is 1. The molecule has 1 aliphatic heterocycles. The molecule has 0 N–H and O–H groups in total. The van der Waals surface area contributed by atoms with Crippen LogP contribution in [0.3, 0.4) is 0 Å². The van der Waals surface area contributed by atoms with Gasteiger partial charge in [0.25, 0.3) is 0 Å². The van der Waals surface area contributed by atoms with Gasteiger partial charge in [0.05, 0.1) is 18.9 Å². The van der Waals surface area contributed by atoms with Crippen molar-refractivity contribution in [2.45, 2.75) is 0 Å². The number of morpholine rings is 1. The fourth-order valence-electron chi connectivity index (χ4n) is 2.08. The third-order valence-electron chi connectivity index (χ3n) is 3.12. The van der Waals surface area contributed by atoms with E-state index in [1.807, 2.05) is 4.90 Å². The first-order valence-electron chi connectivity index (χ1n) is 6.35. The summed E-state index contributed by atoms with van der Waals surface area (Å²) in [6, 6.07) is 7.84. The number of hydrogen-bond donors (Lipinski definition) is 0. The van der Waals surface area contributed by atoms with Gasteiger partial charge in [0.1, 0.15) is 11.0 Å². The smallest absolute Gasteiger partial charge is 0.227 e. The highest BCUT2D eigenvalue weighted by molar-refractivity contribution is 6.29. The molecule has 1 aromatic heterocycles. The summed E-state index contributed by atoms with van der Waals surface area (Å²) >= 11 is 6.07. The lowest BCUT2D eigenvalue weighted by atomic mass is 10.1. The molecule has 0 spiro atoms. The van der Waals surface area contributed by atoms with E-state index in [1.165, 1.54) is 12.1 Å². The molecule has 0 bridgehead atoms. The molecule has 0 saturated carbocycles. The van der Waals surface area contributed by atoms with Gasteiger partial charge in [-0.2, -0.15) is 0 Å². The minimum atomic E-state index is -0.276. The quantitative estimate of drug-likeness (QED) is 0.798. The summed E-state index contributed by atoms with van der Waals surface area (Å²) in [5.41, 5.74) is 1.50. The Bertz CT molecular complexity index is 600. The molecule has 0 atom stereocenters. The molecule has 3 rings (SSSR count). The highest BCUT2D eigenvalue weighted by Gasteiger charge is 2.15. The van der Waals surface area contributed by atoms with Crippen molar-refractivity contribution in [3.8, 4) is 11.3 Å². The largest absolute Gasteiger partial charge is 0.378 e. The standard InChI is InChI=1S/C14H13ClFN3O/c15-13-9-12(10-1-3-11(16)4-2-10)17-14(18-13)19-5-7-20-8-6-19/h1-4,9H,5-8H2. The molecule has 1 aromatic carbocycles. The van der Waals surface area contributed by atoms with E-state index >= 15 is 0 Å². The zero-order valence-electron chi connectivity index (χ0n) is 10.7. The fourth-order valence-corrected chi connectivity index (χ4v) is 2.26. The number of aromatic nitrogens is 2. The predicted octanol–water partition coefficient (Wildman–Crippen LogP) is 2.77. The van der Waals surface area contributed by atoms with Crippen LogP contribution < -0.4 is 4.90 Å². The molecule has 1 saturated heterocycles. The molecule has 0 radical (unpaired) electrons. The van der Waals surface area contributed by atoms with Crippen LogP contribution >= 0.6 is 11.6 Å². The number of hydrogen-bond acceptors (Lipinski definition) is 4. The number of nitrogens with zero attached hydrogens (tertiary/aromatic N) is 3. The summed E-state index contributed by atoms with van der Waals surface area (Å²) in [6.45, 7) is 2.79. The lowest BCUT2D eigenvalue weighted by molar-refractivity contribution is 0.122. The molecule has 0 unspecified atom stereocenters. The van der Waals surface area contributed by atoms with Crippen molar-refractivity contribution < 1.29 is 9.13 Å². The van der Waals surface area contributed by atoms with E-state index in [0.29, 0.717) is 30.0 Å². The third-order valence-corrected chi connectivity index (χ3v) is 3.31. The maximum Gasteiger partial charge on any atom is 0.227 e. The lowest BCUT2D eigenvalue weighted by Crippen LogP contribution is -2.37. The summed E-state index contributed by atoms with van der Waals surface area (Å²) in [4.78, 5) is 10.8. The first kappa shape index (κ1) is 13.3. The average Bonchev–Trinajstić information content (AvgIpc) is 2.48. The molecule has 104 valence electrons. The Morgan fingerprint density at radius 3 is 2.50 bits per heavy atom. The SMILES string of the molecule is Fc1ccc(-c2cc(Cl)nc(N3CCOCC3)n2)cc1. The number of rotatable bonds is 2. The van der Waals surface area contributed by atoms with Crippen LogP contribution in [0, 0.1) is 5.82 Å². The zero-order valence-corrected chi connectivity index (χ0v) is 11.5. The molecule has 2 aromatic rings. The van der Waals surface area contributed by atoms with Crippen molar-refractivity contribution in [2.75, 3.05) is 31.2 Å². The van der Waals surface area contributed by atoms with Crippen LogP contribution in [0.5, 0.6) is 0 Å². The number of halogens is 2. The lowest BCUT2D eigenvalue weighted by Gasteiger charge is -2.27. The van der Waals surface area contributed by atoms with Crippen LogP contribution in [0.1, 0.15) is 0 Å². The van der Waals surface area contributed by atoms with Crippen molar-refractivity contribution in [1.29, 1.82) is 0 Å². The minimum Gasteiger partial charge on any atom is -0.378 e. The van der Waals surface area contributed by atoms with Crippen LogP contribution in [0.4, 0.5) is 10.3 Å². The van der Waals surface area contributed by atoms with Gasteiger partial charge in [-0.15, -0.1) is 0 Å². The second-order valence-corrected chi connectivity index (χ2v) is 4.87. The van der Waals surface area contributed by atoms with Gasteiger partial charge < -0.3 is 9.64 Å². The molecule has 4 nitrogen and oxygen atoms in total. The summed E-state index contributed by atoms with van der Waals surface area (Å²) in [5, 5.41) is 0.376. The number of anilines is 1. The average molecular weight is 294 g/mol. The Labute approximate surface area is 121 Å². The molecule has 0 amide bonds. The van der Waals surface area contributed by atoms with E-state index < -0.39 is 0 Å². The highest BCUT2D eigenvalue weighted by Crippen LogP contribution is 2.23. The third kappa shape index (κ3) is 2.89. The van der Waals surface area contributed by atoms with E-state index in [1.54, 1.807) is 18.2 Å².